The van der Waals surface area contributed by atoms with Crippen molar-refractivity contribution in [3.05, 3.63) is 5.82 Å². The third-order valence-corrected chi connectivity index (χ3v) is 2.55. The van der Waals surface area contributed by atoms with E-state index in [1.165, 1.54) is 0 Å². The van der Waals surface area contributed by atoms with Crippen molar-refractivity contribution in [2.24, 2.45) is 5.73 Å². The van der Waals surface area contributed by atoms with Crippen LogP contribution in [0.5, 0.6) is 0 Å². The van der Waals surface area contributed by atoms with Crippen molar-refractivity contribution in [1.29, 1.82) is 0 Å². The molecule has 5 nitrogen and oxygen atoms in total. The molecule has 0 aromatic carbocycles. The average molecular weight is 195 g/mol. The summed E-state index contributed by atoms with van der Waals surface area (Å²) >= 11 is 0. The van der Waals surface area contributed by atoms with Gasteiger partial charge in [0.1, 0.15) is 5.82 Å². The average Bonchev–Trinajstić information content (AvgIpc) is 2.70. The highest BCUT2D eigenvalue weighted by Crippen LogP contribution is 2.17. The number of rotatable bonds is 2. The summed E-state index contributed by atoms with van der Waals surface area (Å²) in [6.07, 6.45) is 1.03. The molecule has 1 unspecified atom stereocenters. The van der Waals surface area contributed by atoms with Gasteiger partial charge in [0.05, 0.1) is 0 Å². The Hall–Kier alpha value is -1.10. The summed E-state index contributed by atoms with van der Waals surface area (Å²) in [6, 6.07) is 0.274. The minimum absolute atomic E-state index is 0.274. The molecule has 5 heteroatoms. The Morgan fingerprint density at radius 2 is 2.36 bits per heavy atom. The Morgan fingerprint density at radius 1 is 1.57 bits per heavy atom. The highest BCUT2D eigenvalue weighted by atomic mass is 15.4. The number of nitrogens with one attached hydrogen (secondary N) is 1. The van der Waals surface area contributed by atoms with Crippen molar-refractivity contribution >= 4 is 5.95 Å². The van der Waals surface area contributed by atoms with Gasteiger partial charge in [-0.1, -0.05) is 13.8 Å². The van der Waals surface area contributed by atoms with Gasteiger partial charge in [0, 0.05) is 25.0 Å². The first kappa shape index (κ1) is 9.45. The molecule has 1 atom stereocenters. The van der Waals surface area contributed by atoms with Gasteiger partial charge in [0.2, 0.25) is 5.95 Å². The monoisotopic (exact) mass is 195 g/mol. The predicted octanol–water partition coefficient (Wildman–Crippen LogP) is 0.465. The molecule has 2 rings (SSSR count). The fourth-order valence-corrected chi connectivity index (χ4v) is 1.63. The lowest BCUT2D eigenvalue weighted by Crippen LogP contribution is -2.27. The van der Waals surface area contributed by atoms with Crippen molar-refractivity contribution in [3.63, 3.8) is 0 Å². The van der Waals surface area contributed by atoms with Crippen LogP contribution in [0, 0.1) is 0 Å². The first-order valence-corrected chi connectivity index (χ1v) is 5.09. The summed E-state index contributed by atoms with van der Waals surface area (Å²) in [7, 11) is 0. The van der Waals surface area contributed by atoms with Crippen molar-refractivity contribution in [1.82, 2.24) is 15.2 Å². The Balaban J connectivity index is 2.09. The van der Waals surface area contributed by atoms with Crippen LogP contribution in [0.4, 0.5) is 5.95 Å². The van der Waals surface area contributed by atoms with Gasteiger partial charge in [-0.2, -0.15) is 4.98 Å². The number of aromatic nitrogens is 3. The van der Waals surface area contributed by atoms with E-state index in [1.54, 1.807) is 0 Å². The molecule has 0 bridgehead atoms. The molecule has 1 fully saturated rings. The van der Waals surface area contributed by atoms with Crippen molar-refractivity contribution in [2.45, 2.75) is 32.2 Å². The molecule has 1 aliphatic heterocycles. The molecule has 1 aliphatic rings. The Labute approximate surface area is 83.7 Å². The van der Waals surface area contributed by atoms with Crippen molar-refractivity contribution in [3.8, 4) is 0 Å². The molecule has 2 heterocycles. The van der Waals surface area contributed by atoms with Crippen LogP contribution in [0.3, 0.4) is 0 Å². The number of aromatic amines is 1. The van der Waals surface area contributed by atoms with Crippen molar-refractivity contribution in [2.75, 3.05) is 18.0 Å². The second-order valence-electron chi connectivity index (χ2n) is 4.17. The smallest absolute Gasteiger partial charge is 0.244 e. The van der Waals surface area contributed by atoms with Crippen LogP contribution in [-0.2, 0) is 0 Å². The molecule has 3 N–H and O–H groups in total. The molecule has 0 amide bonds. The van der Waals surface area contributed by atoms with E-state index < -0.39 is 0 Å². The number of nitrogens with two attached hydrogens (primary N) is 1. The Bertz CT molecular complexity index is 306. The van der Waals surface area contributed by atoms with Crippen LogP contribution >= 0.6 is 0 Å². The quantitative estimate of drug-likeness (QED) is 0.719. The van der Waals surface area contributed by atoms with E-state index in [0.29, 0.717) is 5.92 Å². The largest absolute Gasteiger partial charge is 0.338 e. The fourth-order valence-electron chi connectivity index (χ4n) is 1.63. The lowest BCUT2D eigenvalue weighted by atomic mass is 10.2. The summed E-state index contributed by atoms with van der Waals surface area (Å²) in [6.45, 7) is 6.03. The molecule has 1 saturated heterocycles. The van der Waals surface area contributed by atoms with Crippen LogP contribution in [0.2, 0.25) is 0 Å². The summed E-state index contributed by atoms with van der Waals surface area (Å²) in [4.78, 5) is 6.56. The van der Waals surface area contributed by atoms with Crippen LogP contribution in [-0.4, -0.2) is 34.3 Å². The second kappa shape index (κ2) is 3.57. The third-order valence-electron chi connectivity index (χ3n) is 2.55. The number of hydrogen-bond acceptors (Lipinski definition) is 4. The van der Waals surface area contributed by atoms with E-state index in [1.807, 2.05) is 0 Å². The van der Waals surface area contributed by atoms with E-state index in [2.05, 4.69) is 33.9 Å². The zero-order chi connectivity index (χ0) is 10.1. The highest BCUT2D eigenvalue weighted by Gasteiger charge is 2.22. The summed E-state index contributed by atoms with van der Waals surface area (Å²) in [5.41, 5.74) is 5.82. The molecular weight excluding hydrogens is 178 g/mol. The maximum atomic E-state index is 5.82. The molecule has 0 spiro atoms. The van der Waals surface area contributed by atoms with Gasteiger partial charge in [0.25, 0.3) is 0 Å². The normalized spacial score (nSPS) is 22.3. The first-order valence-electron chi connectivity index (χ1n) is 5.09. The molecular formula is C9H17N5. The standard InChI is InChI=1S/C9H17N5/c1-6(2)8-11-9(13-12-8)14-4-3-7(10)5-14/h6-7H,3-5,10H2,1-2H3,(H,11,12,13). The number of anilines is 1. The zero-order valence-electron chi connectivity index (χ0n) is 8.70. The van der Waals surface area contributed by atoms with Gasteiger partial charge in [-0.15, -0.1) is 5.10 Å². The van der Waals surface area contributed by atoms with Gasteiger partial charge in [-0.25, -0.2) is 0 Å². The van der Waals surface area contributed by atoms with Crippen LogP contribution in [0.1, 0.15) is 32.0 Å². The maximum absolute atomic E-state index is 5.82. The molecule has 0 saturated carbocycles. The number of hydrogen-bond donors (Lipinski definition) is 2. The minimum atomic E-state index is 0.274. The first-order chi connectivity index (χ1) is 6.66. The topological polar surface area (TPSA) is 70.8 Å². The summed E-state index contributed by atoms with van der Waals surface area (Å²) in [5.74, 6) is 2.13. The van der Waals surface area contributed by atoms with Gasteiger partial charge < -0.3 is 10.6 Å². The molecule has 1 aromatic heterocycles. The van der Waals surface area contributed by atoms with Gasteiger partial charge in [-0.3, -0.25) is 5.10 Å². The number of H-pyrrole nitrogens is 1. The van der Waals surface area contributed by atoms with Gasteiger partial charge in [-0.05, 0) is 6.42 Å². The Kier molecular flexibility index (Phi) is 2.41. The molecule has 1 aromatic rings. The molecule has 0 radical (unpaired) electrons. The van der Waals surface area contributed by atoms with E-state index in [4.69, 9.17) is 5.73 Å². The van der Waals surface area contributed by atoms with Crippen LogP contribution in [0.15, 0.2) is 0 Å². The summed E-state index contributed by atoms with van der Waals surface area (Å²) in [5, 5.41) is 7.14. The SMILES string of the molecule is CC(C)c1nc(N2CCC(N)C2)n[nH]1. The lowest BCUT2D eigenvalue weighted by Gasteiger charge is -2.11. The maximum Gasteiger partial charge on any atom is 0.244 e. The van der Waals surface area contributed by atoms with Crippen LogP contribution < -0.4 is 10.6 Å². The molecule has 0 aliphatic carbocycles. The van der Waals surface area contributed by atoms with Gasteiger partial charge >= 0.3 is 0 Å². The van der Waals surface area contributed by atoms with E-state index in [-0.39, 0.29) is 6.04 Å². The minimum Gasteiger partial charge on any atom is -0.338 e. The second-order valence-corrected chi connectivity index (χ2v) is 4.17. The number of nitrogens with zero attached hydrogens (tertiary/aromatic N) is 3. The zero-order valence-corrected chi connectivity index (χ0v) is 8.70. The summed E-state index contributed by atoms with van der Waals surface area (Å²) < 4.78 is 0. The molecule has 78 valence electrons. The fraction of sp³-hybridized carbons (Fsp3) is 0.778. The highest BCUT2D eigenvalue weighted by molar-refractivity contribution is 5.31. The van der Waals surface area contributed by atoms with E-state index >= 15 is 0 Å². The predicted molar refractivity (Wildman–Crippen MR) is 55.3 cm³/mol. The Morgan fingerprint density at radius 3 is 2.86 bits per heavy atom. The lowest BCUT2D eigenvalue weighted by molar-refractivity contribution is 0.750. The van der Waals surface area contributed by atoms with Crippen LogP contribution in [0.25, 0.3) is 0 Å². The third kappa shape index (κ3) is 1.72. The van der Waals surface area contributed by atoms with Gasteiger partial charge in [0.15, 0.2) is 0 Å². The van der Waals surface area contributed by atoms with E-state index in [9.17, 15) is 0 Å². The van der Waals surface area contributed by atoms with E-state index in [0.717, 1.165) is 31.3 Å². The van der Waals surface area contributed by atoms with Crippen molar-refractivity contribution < 1.29 is 0 Å². The molecule has 14 heavy (non-hydrogen) atoms.